The summed E-state index contributed by atoms with van der Waals surface area (Å²) in [5.74, 6) is -0.355. The summed E-state index contributed by atoms with van der Waals surface area (Å²) in [6.07, 6.45) is 4.30. The van der Waals surface area contributed by atoms with Crippen LogP contribution in [0.5, 0.6) is 0 Å². The molecule has 0 aliphatic rings. The first kappa shape index (κ1) is 16.0. The molecule has 0 fully saturated rings. The Hall–Kier alpha value is -0.970. The third-order valence-corrected chi connectivity index (χ3v) is 3.25. The second-order valence-corrected chi connectivity index (χ2v) is 4.96. The zero-order valence-electron chi connectivity index (χ0n) is 10.7. The molecule has 0 radical (unpaired) electrons. The minimum atomic E-state index is -0.989. The lowest BCUT2D eigenvalue weighted by Crippen LogP contribution is -2.45. The number of carboxylic acids is 1. The molecule has 0 aliphatic heterocycles. The molecule has 0 saturated heterocycles. The van der Waals surface area contributed by atoms with Gasteiger partial charge in [-0.15, -0.1) is 6.58 Å². The molecular weight excluding hydrogens is 238 g/mol. The lowest BCUT2D eigenvalue weighted by molar-refractivity contribution is -0.150. The van der Waals surface area contributed by atoms with E-state index in [9.17, 15) is 9.59 Å². The van der Waals surface area contributed by atoms with Gasteiger partial charge >= 0.3 is 5.97 Å². The van der Waals surface area contributed by atoms with Gasteiger partial charge in [-0.2, -0.15) is 11.8 Å². The highest BCUT2D eigenvalue weighted by Crippen LogP contribution is 2.13. The molecule has 5 heteroatoms. The van der Waals surface area contributed by atoms with Gasteiger partial charge in [0.2, 0.25) is 5.91 Å². The number of carbonyl (C=O) groups is 2. The zero-order chi connectivity index (χ0) is 13.4. The minimum Gasteiger partial charge on any atom is -0.480 e. The lowest BCUT2D eigenvalue weighted by Gasteiger charge is -2.28. The number of thioether (sulfide) groups is 1. The van der Waals surface area contributed by atoms with Crippen molar-refractivity contribution in [3.8, 4) is 0 Å². The van der Waals surface area contributed by atoms with Crippen LogP contribution in [0.1, 0.15) is 20.3 Å². The number of aliphatic carboxylic acids is 1. The van der Waals surface area contributed by atoms with Crippen LogP contribution in [-0.4, -0.2) is 46.5 Å². The van der Waals surface area contributed by atoms with Gasteiger partial charge in [0.05, 0.1) is 0 Å². The molecule has 98 valence electrons. The number of rotatable bonds is 8. The van der Waals surface area contributed by atoms with E-state index in [0.29, 0.717) is 0 Å². The van der Waals surface area contributed by atoms with Crippen molar-refractivity contribution in [1.29, 1.82) is 0 Å². The number of hydrogen-bond acceptors (Lipinski definition) is 3. The Kier molecular flexibility index (Phi) is 7.70. The molecule has 1 amide bonds. The first-order valence-corrected chi connectivity index (χ1v) is 6.98. The van der Waals surface area contributed by atoms with Crippen molar-refractivity contribution >= 4 is 23.6 Å². The fourth-order valence-electron chi connectivity index (χ4n) is 1.41. The summed E-state index contributed by atoms with van der Waals surface area (Å²) in [5, 5.41) is 8.95. The van der Waals surface area contributed by atoms with Crippen LogP contribution in [0.4, 0.5) is 0 Å². The molecule has 17 heavy (non-hydrogen) atoms. The second kappa shape index (κ2) is 8.17. The van der Waals surface area contributed by atoms with Gasteiger partial charge < -0.3 is 10.0 Å². The number of carbonyl (C=O) groups excluding carboxylic acids is 1. The molecule has 4 nitrogen and oxygen atoms in total. The van der Waals surface area contributed by atoms with Crippen LogP contribution < -0.4 is 0 Å². The van der Waals surface area contributed by atoms with Crippen molar-refractivity contribution in [3.63, 3.8) is 0 Å². The normalized spacial score (nSPS) is 13.8. The van der Waals surface area contributed by atoms with Gasteiger partial charge in [-0.1, -0.05) is 13.0 Å². The highest BCUT2D eigenvalue weighted by molar-refractivity contribution is 7.98. The van der Waals surface area contributed by atoms with Crippen molar-refractivity contribution in [2.24, 2.45) is 5.92 Å². The SMILES string of the molecule is C=CCN(C(=O)[C@@H](C)CCSC)[C@@H](C)C(=O)O. The highest BCUT2D eigenvalue weighted by atomic mass is 32.2. The number of nitrogens with zero attached hydrogens (tertiary/aromatic N) is 1. The molecule has 0 rings (SSSR count). The van der Waals surface area contributed by atoms with Crippen molar-refractivity contribution in [3.05, 3.63) is 12.7 Å². The Morgan fingerprint density at radius 2 is 2.06 bits per heavy atom. The van der Waals surface area contributed by atoms with E-state index in [2.05, 4.69) is 6.58 Å². The van der Waals surface area contributed by atoms with Gasteiger partial charge in [0.15, 0.2) is 0 Å². The summed E-state index contributed by atoms with van der Waals surface area (Å²) in [6, 6.07) is -0.808. The van der Waals surface area contributed by atoms with Crippen molar-refractivity contribution in [1.82, 2.24) is 4.90 Å². The average Bonchev–Trinajstić information content (AvgIpc) is 2.31. The molecule has 0 aliphatic carbocycles. The van der Waals surface area contributed by atoms with Crippen molar-refractivity contribution in [2.75, 3.05) is 18.6 Å². The molecule has 0 aromatic carbocycles. The van der Waals surface area contributed by atoms with E-state index >= 15 is 0 Å². The summed E-state index contributed by atoms with van der Waals surface area (Å²) < 4.78 is 0. The average molecular weight is 259 g/mol. The Bertz CT molecular complexity index is 281. The van der Waals surface area contributed by atoms with Gasteiger partial charge in [0, 0.05) is 12.5 Å². The van der Waals surface area contributed by atoms with E-state index in [1.165, 1.54) is 11.8 Å². The fraction of sp³-hybridized carbons (Fsp3) is 0.667. The molecule has 0 spiro atoms. The summed E-state index contributed by atoms with van der Waals surface area (Å²) in [4.78, 5) is 24.4. The maximum atomic E-state index is 12.1. The van der Waals surface area contributed by atoms with Crippen LogP contribution in [0, 0.1) is 5.92 Å². The largest absolute Gasteiger partial charge is 0.480 e. The van der Waals surface area contributed by atoms with Crippen molar-refractivity contribution in [2.45, 2.75) is 26.3 Å². The summed E-state index contributed by atoms with van der Waals surface area (Å²) >= 11 is 1.68. The predicted octanol–water partition coefficient (Wildman–Crippen LogP) is 1.86. The molecule has 0 aromatic heterocycles. The van der Waals surface area contributed by atoms with E-state index in [4.69, 9.17) is 5.11 Å². The van der Waals surface area contributed by atoms with Crippen LogP contribution in [0.25, 0.3) is 0 Å². The maximum Gasteiger partial charge on any atom is 0.326 e. The molecule has 0 unspecified atom stereocenters. The predicted molar refractivity (Wildman–Crippen MR) is 71.2 cm³/mol. The summed E-state index contributed by atoms with van der Waals surface area (Å²) in [7, 11) is 0. The standard InChI is InChI=1S/C12H21NO3S/c1-5-7-13(10(3)12(15)16)11(14)9(2)6-8-17-4/h5,9-10H,1,6-8H2,2-4H3,(H,15,16)/t9-,10-/m0/s1. The molecular formula is C12H21NO3S. The Labute approximate surface area is 107 Å². The van der Waals surface area contributed by atoms with Gasteiger partial charge in [0.1, 0.15) is 6.04 Å². The van der Waals surface area contributed by atoms with E-state index in [1.54, 1.807) is 17.8 Å². The summed E-state index contributed by atoms with van der Waals surface area (Å²) in [6.45, 7) is 7.18. The Morgan fingerprint density at radius 1 is 1.47 bits per heavy atom. The van der Waals surface area contributed by atoms with Gasteiger partial charge in [0.25, 0.3) is 0 Å². The van der Waals surface area contributed by atoms with Gasteiger partial charge in [-0.3, -0.25) is 4.79 Å². The third kappa shape index (κ3) is 5.26. The topological polar surface area (TPSA) is 57.6 Å². The maximum absolute atomic E-state index is 12.1. The highest BCUT2D eigenvalue weighted by Gasteiger charge is 2.27. The quantitative estimate of drug-likeness (QED) is 0.676. The van der Waals surface area contributed by atoms with Crippen LogP contribution in [-0.2, 0) is 9.59 Å². The first-order chi connectivity index (χ1) is 7.95. The fourth-order valence-corrected chi connectivity index (χ4v) is 2.00. The van der Waals surface area contributed by atoms with Crippen LogP contribution in [0.2, 0.25) is 0 Å². The second-order valence-electron chi connectivity index (χ2n) is 3.98. The van der Waals surface area contributed by atoms with E-state index in [-0.39, 0.29) is 18.4 Å². The molecule has 0 heterocycles. The minimum absolute atomic E-state index is 0.117. The first-order valence-electron chi connectivity index (χ1n) is 5.58. The van der Waals surface area contributed by atoms with E-state index in [0.717, 1.165) is 12.2 Å². The Balaban J connectivity index is 4.63. The van der Waals surface area contributed by atoms with Crippen LogP contribution in [0.3, 0.4) is 0 Å². The van der Waals surface area contributed by atoms with E-state index < -0.39 is 12.0 Å². The van der Waals surface area contributed by atoms with E-state index in [1.807, 2.05) is 13.2 Å². The lowest BCUT2D eigenvalue weighted by atomic mass is 10.1. The summed E-state index contributed by atoms with van der Waals surface area (Å²) in [5.41, 5.74) is 0. The molecule has 1 N–H and O–H groups in total. The number of carboxylic acid groups (broad SMARTS) is 1. The van der Waals surface area contributed by atoms with Crippen molar-refractivity contribution < 1.29 is 14.7 Å². The number of hydrogen-bond donors (Lipinski definition) is 1. The third-order valence-electron chi connectivity index (χ3n) is 2.61. The number of amides is 1. The molecule has 0 bridgehead atoms. The molecule has 2 atom stereocenters. The zero-order valence-corrected chi connectivity index (χ0v) is 11.5. The molecule has 0 saturated carbocycles. The smallest absolute Gasteiger partial charge is 0.326 e. The van der Waals surface area contributed by atoms with Gasteiger partial charge in [-0.25, -0.2) is 4.79 Å². The van der Waals surface area contributed by atoms with Gasteiger partial charge in [-0.05, 0) is 25.4 Å². The Morgan fingerprint density at radius 3 is 2.47 bits per heavy atom. The molecule has 0 aromatic rings. The van der Waals surface area contributed by atoms with Crippen LogP contribution >= 0.6 is 11.8 Å². The monoisotopic (exact) mass is 259 g/mol. The van der Waals surface area contributed by atoms with Crippen LogP contribution in [0.15, 0.2) is 12.7 Å².